The molecule has 1 aromatic carbocycles. The van der Waals surface area contributed by atoms with E-state index in [0.29, 0.717) is 12.5 Å². The Morgan fingerprint density at radius 3 is 2.62 bits per heavy atom. The van der Waals surface area contributed by atoms with Crippen molar-refractivity contribution in [3.8, 4) is 0 Å². The van der Waals surface area contributed by atoms with E-state index in [1.807, 2.05) is 0 Å². The van der Waals surface area contributed by atoms with Gasteiger partial charge in [-0.05, 0) is 43.7 Å². The fourth-order valence-corrected chi connectivity index (χ4v) is 2.95. The Kier molecular flexibility index (Phi) is 4.83. The fraction of sp³-hybridized carbons (Fsp3) is 0.562. The van der Waals surface area contributed by atoms with Gasteiger partial charge in [-0.3, -0.25) is 0 Å². The molecule has 2 rings (SSSR count). The fourth-order valence-electron chi connectivity index (χ4n) is 2.95. The number of nitrogens with zero attached hydrogens (tertiary/aromatic N) is 1. The Morgan fingerprint density at radius 2 is 2.05 bits per heavy atom. The lowest BCUT2D eigenvalue weighted by molar-refractivity contribution is 0.0968. The summed E-state index contributed by atoms with van der Waals surface area (Å²) < 4.78 is 13.6. The summed E-state index contributed by atoms with van der Waals surface area (Å²) in [5, 5.41) is 2.63. The maximum absolute atomic E-state index is 13.6. The zero-order valence-electron chi connectivity index (χ0n) is 12.7. The molecule has 0 atom stereocenters. The van der Waals surface area contributed by atoms with Crippen LogP contribution in [-0.2, 0) is 0 Å². The molecule has 1 fully saturated rings. The van der Waals surface area contributed by atoms with Crippen molar-refractivity contribution < 1.29 is 9.18 Å². The second-order valence-corrected chi connectivity index (χ2v) is 6.08. The van der Waals surface area contributed by atoms with Crippen molar-refractivity contribution in [2.24, 2.45) is 11.7 Å². The SMILES string of the molecule is CC1CCC(CN)(N(C)C(=O)Nc2ccccc2F)CC1. The summed E-state index contributed by atoms with van der Waals surface area (Å²) in [6.45, 7) is 2.65. The maximum atomic E-state index is 13.6. The highest BCUT2D eigenvalue weighted by molar-refractivity contribution is 5.89. The maximum Gasteiger partial charge on any atom is 0.322 e. The van der Waals surface area contributed by atoms with E-state index >= 15 is 0 Å². The second-order valence-electron chi connectivity index (χ2n) is 6.08. The van der Waals surface area contributed by atoms with Crippen molar-refractivity contribution in [2.75, 3.05) is 18.9 Å². The van der Waals surface area contributed by atoms with Crippen molar-refractivity contribution in [1.29, 1.82) is 0 Å². The molecule has 1 aliphatic rings. The minimum atomic E-state index is -0.432. The Hall–Kier alpha value is -1.62. The monoisotopic (exact) mass is 293 g/mol. The number of hydrogen-bond donors (Lipinski definition) is 2. The van der Waals surface area contributed by atoms with E-state index in [1.165, 1.54) is 6.07 Å². The van der Waals surface area contributed by atoms with E-state index in [1.54, 1.807) is 30.1 Å². The number of rotatable bonds is 3. The Labute approximate surface area is 125 Å². The standard InChI is InChI=1S/C16H24FN3O/c1-12-7-9-16(11-18,10-8-12)20(2)15(21)19-14-6-4-3-5-13(14)17/h3-6,12H,7-11,18H2,1-2H3,(H,19,21). The highest BCUT2D eigenvalue weighted by Crippen LogP contribution is 2.35. The molecule has 0 radical (unpaired) electrons. The van der Waals surface area contributed by atoms with E-state index < -0.39 is 5.82 Å². The van der Waals surface area contributed by atoms with Crippen LogP contribution in [0, 0.1) is 11.7 Å². The molecule has 1 aromatic rings. The van der Waals surface area contributed by atoms with Crippen LogP contribution in [0.2, 0.25) is 0 Å². The molecular weight excluding hydrogens is 269 g/mol. The van der Waals surface area contributed by atoms with Gasteiger partial charge in [0.2, 0.25) is 0 Å². The van der Waals surface area contributed by atoms with Crippen molar-refractivity contribution >= 4 is 11.7 Å². The highest BCUT2D eigenvalue weighted by atomic mass is 19.1. The van der Waals surface area contributed by atoms with E-state index in [0.717, 1.165) is 25.7 Å². The predicted octanol–water partition coefficient (Wildman–Crippen LogP) is 3.20. The predicted molar refractivity (Wildman–Crippen MR) is 82.6 cm³/mol. The first kappa shape index (κ1) is 15.8. The summed E-state index contributed by atoms with van der Waals surface area (Å²) in [5.74, 6) is 0.242. The molecule has 3 N–H and O–H groups in total. The molecule has 0 aromatic heterocycles. The van der Waals surface area contributed by atoms with Crippen LogP contribution >= 0.6 is 0 Å². The molecule has 21 heavy (non-hydrogen) atoms. The van der Waals surface area contributed by atoms with Gasteiger partial charge in [0.25, 0.3) is 0 Å². The number of carbonyl (C=O) groups excluding carboxylic acids is 1. The Morgan fingerprint density at radius 1 is 1.43 bits per heavy atom. The van der Waals surface area contributed by atoms with Crippen molar-refractivity contribution in [3.63, 3.8) is 0 Å². The third kappa shape index (κ3) is 3.35. The first-order valence-electron chi connectivity index (χ1n) is 7.48. The van der Waals surface area contributed by atoms with Gasteiger partial charge in [0.1, 0.15) is 5.82 Å². The molecule has 0 aliphatic heterocycles. The summed E-state index contributed by atoms with van der Waals surface area (Å²) in [6.07, 6.45) is 3.92. The number of likely N-dealkylation sites (N-methyl/N-ethyl adjacent to an activating group) is 1. The van der Waals surface area contributed by atoms with Gasteiger partial charge in [-0.1, -0.05) is 19.1 Å². The number of anilines is 1. The average molecular weight is 293 g/mol. The molecular formula is C16H24FN3O. The van der Waals surface area contributed by atoms with Gasteiger partial charge in [0, 0.05) is 13.6 Å². The number of urea groups is 1. The molecule has 0 spiro atoms. The molecule has 0 heterocycles. The summed E-state index contributed by atoms with van der Waals surface area (Å²) >= 11 is 0. The summed E-state index contributed by atoms with van der Waals surface area (Å²) in [5.41, 5.74) is 5.83. The minimum Gasteiger partial charge on any atom is -0.328 e. The third-order valence-corrected chi connectivity index (χ3v) is 4.72. The second kappa shape index (κ2) is 6.43. The van der Waals surface area contributed by atoms with E-state index in [4.69, 9.17) is 5.73 Å². The van der Waals surface area contributed by atoms with Gasteiger partial charge in [-0.25, -0.2) is 9.18 Å². The summed E-state index contributed by atoms with van der Waals surface area (Å²) in [6, 6.07) is 5.87. The molecule has 0 saturated heterocycles. The van der Waals surface area contributed by atoms with Gasteiger partial charge in [-0.15, -0.1) is 0 Å². The van der Waals surface area contributed by atoms with Gasteiger partial charge in [0.05, 0.1) is 11.2 Å². The molecule has 5 heteroatoms. The topological polar surface area (TPSA) is 58.4 Å². The number of nitrogens with one attached hydrogen (secondary N) is 1. The zero-order chi connectivity index (χ0) is 15.5. The van der Waals surface area contributed by atoms with Crippen LogP contribution in [0.4, 0.5) is 14.9 Å². The zero-order valence-corrected chi connectivity index (χ0v) is 12.7. The largest absolute Gasteiger partial charge is 0.328 e. The van der Waals surface area contributed by atoms with Crippen molar-refractivity contribution in [2.45, 2.75) is 38.1 Å². The smallest absolute Gasteiger partial charge is 0.322 e. The van der Waals surface area contributed by atoms with Crippen molar-refractivity contribution in [3.05, 3.63) is 30.1 Å². The normalized spacial score (nSPS) is 25.4. The molecule has 116 valence electrons. The van der Waals surface area contributed by atoms with Crippen molar-refractivity contribution in [1.82, 2.24) is 4.90 Å². The molecule has 0 bridgehead atoms. The lowest BCUT2D eigenvalue weighted by Gasteiger charge is -2.45. The Bertz CT molecular complexity index is 498. The van der Waals surface area contributed by atoms with Crippen LogP contribution in [0.1, 0.15) is 32.6 Å². The van der Waals surface area contributed by atoms with Crippen LogP contribution in [0.25, 0.3) is 0 Å². The summed E-state index contributed by atoms with van der Waals surface area (Å²) in [4.78, 5) is 14.1. The number of nitrogens with two attached hydrogens (primary N) is 1. The first-order valence-corrected chi connectivity index (χ1v) is 7.48. The van der Waals surface area contributed by atoms with Gasteiger partial charge in [-0.2, -0.15) is 0 Å². The minimum absolute atomic E-state index is 0.200. The number of halogens is 1. The van der Waals surface area contributed by atoms with Crippen LogP contribution in [0.15, 0.2) is 24.3 Å². The average Bonchev–Trinajstić information content (AvgIpc) is 2.50. The van der Waals surface area contributed by atoms with E-state index in [9.17, 15) is 9.18 Å². The number of amides is 2. The third-order valence-electron chi connectivity index (χ3n) is 4.72. The lowest BCUT2D eigenvalue weighted by atomic mass is 9.76. The molecule has 0 unspecified atom stereocenters. The van der Waals surface area contributed by atoms with Gasteiger partial charge < -0.3 is 16.0 Å². The number of benzene rings is 1. The van der Waals surface area contributed by atoms with Gasteiger partial charge >= 0.3 is 6.03 Å². The Balaban J connectivity index is 2.09. The first-order chi connectivity index (χ1) is 9.98. The van der Waals surface area contributed by atoms with Crippen LogP contribution in [0.5, 0.6) is 0 Å². The number of para-hydroxylation sites is 1. The lowest BCUT2D eigenvalue weighted by Crippen LogP contribution is -2.57. The number of carbonyl (C=O) groups is 1. The van der Waals surface area contributed by atoms with E-state index in [2.05, 4.69) is 12.2 Å². The number of hydrogen-bond acceptors (Lipinski definition) is 2. The quantitative estimate of drug-likeness (QED) is 0.899. The highest BCUT2D eigenvalue weighted by Gasteiger charge is 2.39. The van der Waals surface area contributed by atoms with E-state index in [-0.39, 0.29) is 17.3 Å². The molecule has 1 aliphatic carbocycles. The van der Waals surface area contributed by atoms with Crippen LogP contribution in [-0.4, -0.2) is 30.1 Å². The van der Waals surface area contributed by atoms with Gasteiger partial charge in [0.15, 0.2) is 0 Å². The molecule has 1 saturated carbocycles. The van der Waals surface area contributed by atoms with Crippen LogP contribution in [0.3, 0.4) is 0 Å². The molecule has 2 amide bonds. The van der Waals surface area contributed by atoms with Crippen LogP contribution < -0.4 is 11.1 Å². The summed E-state index contributed by atoms with van der Waals surface area (Å²) in [7, 11) is 1.75. The molecule has 4 nitrogen and oxygen atoms in total.